The average molecular weight is 418 g/mol. The fraction of sp³-hybridized carbons (Fsp3) is 0.333. The lowest BCUT2D eigenvalue weighted by molar-refractivity contribution is 0.256. The van der Waals surface area contributed by atoms with E-state index >= 15 is 0 Å². The maximum absolute atomic E-state index is 13.5. The van der Waals surface area contributed by atoms with Crippen LogP contribution in [0.2, 0.25) is 5.02 Å². The largest absolute Gasteiger partial charge is 0.354 e. The Bertz CT molecular complexity index is 962. The summed E-state index contributed by atoms with van der Waals surface area (Å²) in [6, 6.07) is 14.1. The van der Waals surface area contributed by atoms with Gasteiger partial charge in [-0.3, -0.25) is 0 Å². The second kappa shape index (κ2) is 7.85. The lowest BCUT2D eigenvalue weighted by atomic mass is 9.91. The first-order valence-electron chi connectivity index (χ1n) is 9.18. The Hall–Kier alpha value is -1.89. The van der Waals surface area contributed by atoms with Crippen LogP contribution in [-0.2, 0) is 16.9 Å². The van der Waals surface area contributed by atoms with E-state index < -0.39 is 5.60 Å². The number of ether oxygens (including phenoxy) is 1. The summed E-state index contributed by atoms with van der Waals surface area (Å²) < 4.78 is 21.6. The van der Waals surface area contributed by atoms with E-state index in [-0.39, 0.29) is 11.9 Å². The number of hydrogen-bond donors (Lipinski definition) is 0. The summed E-state index contributed by atoms with van der Waals surface area (Å²) in [4.78, 5) is 4.40. The summed E-state index contributed by atoms with van der Waals surface area (Å²) in [5.74, 6) is 1.23. The van der Waals surface area contributed by atoms with E-state index in [0.29, 0.717) is 17.5 Å². The molecule has 0 spiro atoms. The van der Waals surface area contributed by atoms with E-state index in [1.54, 1.807) is 30.2 Å². The van der Waals surface area contributed by atoms with Crippen LogP contribution in [0.15, 0.2) is 60.0 Å². The number of halogens is 2. The molecule has 0 unspecified atom stereocenters. The summed E-state index contributed by atoms with van der Waals surface area (Å²) >= 11 is 8.09. The maximum atomic E-state index is 13.5. The van der Waals surface area contributed by atoms with Crippen LogP contribution in [0.4, 0.5) is 4.39 Å². The summed E-state index contributed by atoms with van der Waals surface area (Å²) in [6.45, 7) is 4.82. The van der Waals surface area contributed by atoms with Crippen molar-refractivity contribution >= 4 is 23.4 Å². The molecule has 4 rings (SSSR count). The van der Waals surface area contributed by atoms with Gasteiger partial charge in [-0.05, 0) is 29.7 Å². The molecule has 2 atom stereocenters. The molecule has 146 valence electrons. The van der Waals surface area contributed by atoms with Crippen LogP contribution in [0, 0.1) is 11.7 Å². The number of nitrogens with zero attached hydrogens (tertiary/aromatic N) is 3. The predicted molar refractivity (Wildman–Crippen MR) is 109 cm³/mol. The molecule has 1 aromatic heterocycles. The van der Waals surface area contributed by atoms with E-state index in [2.05, 4.69) is 23.9 Å². The molecule has 0 N–H and O–H groups in total. The molecule has 2 heterocycles. The fourth-order valence-electron chi connectivity index (χ4n) is 3.28. The van der Waals surface area contributed by atoms with Gasteiger partial charge in [0.25, 0.3) is 0 Å². The third kappa shape index (κ3) is 3.81. The molecule has 1 aliphatic rings. The van der Waals surface area contributed by atoms with Gasteiger partial charge in [-0.15, -0.1) is 0 Å². The van der Waals surface area contributed by atoms with Crippen molar-refractivity contribution in [1.29, 1.82) is 0 Å². The number of rotatable bonds is 7. The monoisotopic (exact) mass is 417 g/mol. The van der Waals surface area contributed by atoms with Crippen molar-refractivity contribution in [2.45, 2.75) is 37.3 Å². The minimum atomic E-state index is -0.653. The van der Waals surface area contributed by atoms with Gasteiger partial charge < -0.3 is 4.74 Å². The van der Waals surface area contributed by atoms with Crippen LogP contribution >= 0.6 is 23.4 Å². The topological polar surface area (TPSA) is 43.2 Å². The molecule has 1 aliphatic heterocycles. The van der Waals surface area contributed by atoms with E-state index in [1.807, 2.05) is 28.9 Å². The molecule has 28 heavy (non-hydrogen) atoms. The number of benzene rings is 2. The quantitative estimate of drug-likeness (QED) is 0.377. The van der Waals surface area contributed by atoms with Gasteiger partial charge in [0.1, 0.15) is 23.8 Å². The first kappa shape index (κ1) is 19.4. The first-order valence-corrected chi connectivity index (χ1v) is 10.5. The zero-order chi connectivity index (χ0) is 19.7. The number of hydrogen-bond acceptors (Lipinski definition) is 4. The summed E-state index contributed by atoms with van der Waals surface area (Å²) in [5, 5.41) is 5.92. The zero-order valence-electron chi connectivity index (χ0n) is 15.7. The summed E-state index contributed by atoms with van der Waals surface area (Å²) in [7, 11) is 0. The fourth-order valence-corrected chi connectivity index (χ4v) is 4.38. The highest BCUT2D eigenvalue weighted by molar-refractivity contribution is 7.99. The molecule has 2 aromatic carbocycles. The summed E-state index contributed by atoms with van der Waals surface area (Å²) in [6.07, 6.45) is 1.34. The van der Waals surface area contributed by atoms with Crippen molar-refractivity contribution in [2.75, 3.05) is 5.75 Å². The Kier molecular flexibility index (Phi) is 5.45. The van der Waals surface area contributed by atoms with Crippen LogP contribution in [-0.4, -0.2) is 20.5 Å². The molecule has 0 radical (unpaired) electrons. The minimum Gasteiger partial charge on any atom is -0.354 e. The highest BCUT2D eigenvalue weighted by Gasteiger charge is 2.59. The molecule has 0 bridgehead atoms. The van der Waals surface area contributed by atoms with Crippen LogP contribution in [0.1, 0.15) is 31.1 Å². The summed E-state index contributed by atoms with van der Waals surface area (Å²) in [5.41, 5.74) is 1.17. The average Bonchev–Trinajstić information content (AvgIpc) is 3.22. The maximum Gasteiger partial charge on any atom is 0.186 e. The van der Waals surface area contributed by atoms with Crippen molar-refractivity contribution in [1.82, 2.24) is 14.8 Å². The Morgan fingerprint density at radius 1 is 1.21 bits per heavy atom. The SMILES string of the molecule is CC(C)CSc1ncnn1C[C@@]1(c2ccc(F)cc2)O[C@H]1c1ccccc1Cl. The van der Waals surface area contributed by atoms with Gasteiger partial charge in [0.15, 0.2) is 5.16 Å². The van der Waals surface area contributed by atoms with Crippen LogP contribution in [0.3, 0.4) is 0 Å². The Labute approximate surface area is 173 Å². The first-order chi connectivity index (χ1) is 13.5. The van der Waals surface area contributed by atoms with Gasteiger partial charge in [0, 0.05) is 16.3 Å². The Balaban J connectivity index is 1.67. The van der Waals surface area contributed by atoms with Gasteiger partial charge in [-0.2, -0.15) is 5.10 Å². The van der Waals surface area contributed by atoms with E-state index in [1.165, 1.54) is 12.1 Å². The molecule has 7 heteroatoms. The molecular formula is C21H21ClFN3OS. The van der Waals surface area contributed by atoms with Crippen molar-refractivity contribution in [2.24, 2.45) is 5.92 Å². The van der Waals surface area contributed by atoms with Gasteiger partial charge in [-0.25, -0.2) is 14.1 Å². The highest BCUT2D eigenvalue weighted by atomic mass is 35.5. The second-order valence-corrected chi connectivity index (χ2v) is 8.72. The third-order valence-electron chi connectivity index (χ3n) is 4.73. The molecule has 1 saturated heterocycles. The highest BCUT2D eigenvalue weighted by Crippen LogP contribution is 2.59. The third-order valence-corrected chi connectivity index (χ3v) is 6.48. The smallest absolute Gasteiger partial charge is 0.186 e. The van der Waals surface area contributed by atoms with Crippen LogP contribution in [0.5, 0.6) is 0 Å². The Morgan fingerprint density at radius 2 is 1.96 bits per heavy atom. The lowest BCUT2D eigenvalue weighted by Gasteiger charge is -2.16. The molecule has 4 nitrogen and oxygen atoms in total. The van der Waals surface area contributed by atoms with Crippen molar-refractivity contribution in [3.8, 4) is 0 Å². The van der Waals surface area contributed by atoms with Crippen molar-refractivity contribution < 1.29 is 9.13 Å². The second-order valence-electron chi connectivity index (χ2n) is 7.32. The lowest BCUT2D eigenvalue weighted by Crippen LogP contribution is -2.21. The zero-order valence-corrected chi connectivity index (χ0v) is 17.3. The standard InChI is InChI=1S/C21H21ClFN3OS/c1-14(2)11-28-20-24-13-25-26(20)12-21(15-7-9-16(23)10-8-15)19(27-21)17-5-3-4-6-18(17)22/h3-10,13-14,19H,11-12H2,1-2H3/t19-,21-/m0/s1. The van der Waals surface area contributed by atoms with Gasteiger partial charge >= 0.3 is 0 Å². The molecule has 3 aromatic rings. The molecule has 0 amide bonds. The van der Waals surface area contributed by atoms with Crippen LogP contribution in [0.25, 0.3) is 0 Å². The van der Waals surface area contributed by atoms with Crippen molar-refractivity contribution in [3.05, 3.63) is 76.8 Å². The minimum absolute atomic E-state index is 0.223. The van der Waals surface area contributed by atoms with E-state index in [0.717, 1.165) is 22.0 Å². The molecule has 0 saturated carbocycles. The van der Waals surface area contributed by atoms with Crippen molar-refractivity contribution in [3.63, 3.8) is 0 Å². The van der Waals surface area contributed by atoms with Crippen LogP contribution < -0.4 is 0 Å². The van der Waals surface area contributed by atoms with Gasteiger partial charge in [0.05, 0.1) is 6.54 Å². The predicted octanol–water partition coefficient (Wildman–Crippen LogP) is 5.49. The number of aromatic nitrogens is 3. The van der Waals surface area contributed by atoms with E-state index in [9.17, 15) is 4.39 Å². The van der Waals surface area contributed by atoms with Gasteiger partial charge in [-0.1, -0.05) is 67.5 Å². The van der Waals surface area contributed by atoms with Gasteiger partial charge in [0.2, 0.25) is 0 Å². The number of thioether (sulfide) groups is 1. The normalized spacial score (nSPS) is 21.2. The molecule has 0 aliphatic carbocycles. The number of epoxide rings is 1. The molecule has 1 fully saturated rings. The Morgan fingerprint density at radius 3 is 2.68 bits per heavy atom. The van der Waals surface area contributed by atoms with E-state index in [4.69, 9.17) is 16.3 Å². The molecular weight excluding hydrogens is 397 g/mol.